The zero-order chi connectivity index (χ0) is 17.6. The molecule has 2 saturated heterocycles. The predicted molar refractivity (Wildman–Crippen MR) is 104 cm³/mol. The Balaban J connectivity index is 1.30. The first-order chi connectivity index (χ1) is 12.9. The lowest BCUT2D eigenvalue weighted by Gasteiger charge is -2.36. The maximum absolute atomic E-state index is 5.45. The van der Waals surface area contributed by atoms with Crippen molar-refractivity contribution < 1.29 is 4.74 Å². The average Bonchev–Trinajstić information content (AvgIpc) is 2.70. The van der Waals surface area contributed by atoms with Gasteiger partial charge >= 0.3 is 0 Å². The number of hydrogen-bond donors (Lipinski definition) is 0. The molecule has 1 aromatic carbocycles. The van der Waals surface area contributed by atoms with Crippen LogP contribution in [0.5, 0.6) is 0 Å². The molecule has 2 aliphatic rings. The Kier molecular flexibility index (Phi) is 5.79. The third kappa shape index (κ3) is 4.61. The molecule has 0 saturated carbocycles. The molecule has 2 aliphatic heterocycles. The van der Waals surface area contributed by atoms with Gasteiger partial charge in [-0.05, 0) is 23.3 Å². The van der Waals surface area contributed by atoms with E-state index in [2.05, 4.69) is 56.1 Å². The van der Waals surface area contributed by atoms with Crippen LogP contribution in [-0.2, 0) is 17.8 Å². The van der Waals surface area contributed by atoms with E-state index in [1.165, 1.54) is 16.8 Å². The van der Waals surface area contributed by atoms with Gasteiger partial charge in [0.15, 0.2) is 0 Å². The third-order valence-corrected chi connectivity index (χ3v) is 5.31. The second kappa shape index (κ2) is 8.62. The fourth-order valence-corrected chi connectivity index (χ4v) is 3.82. The molecule has 5 heteroatoms. The molecule has 0 N–H and O–H groups in total. The first kappa shape index (κ1) is 17.5. The van der Waals surface area contributed by atoms with Crippen molar-refractivity contribution >= 4 is 5.69 Å². The standard InChI is InChI=1S/C21H28N4O/c1-2-19(16-20(3-1)18-24-12-14-26-15-13-24)17-23-8-10-25(11-9-23)21-4-6-22-7-5-21/h1-7,16H,8-15,17-18H2. The maximum atomic E-state index is 5.45. The fraction of sp³-hybridized carbons (Fsp3) is 0.476. The predicted octanol–water partition coefficient (Wildman–Crippen LogP) is 2.24. The summed E-state index contributed by atoms with van der Waals surface area (Å²) < 4.78 is 5.45. The minimum Gasteiger partial charge on any atom is -0.379 e. The van der Waals surface area contributed by atoms with Gasteiger partial charge in [-0.25, -0.2) is 0 Å². The molecule has 0 unspecified atom stereocenters. The van der Waals surface area contributed by atoms with Crippen LogP contribution in [0.3, 0.4) is 0 Å². The molecule has 2 aromatic rings. The Bertz CT molecular complexity index is 679. The highest BCUT2D eigenvalue weighted by molar-refractivity contribution is 5.45. The van der Waals surface area contributed by atoms with Crippen molar-refractivity contribution in [2.45, 2.75) is 13.1 Å². The molecule has 5 nitrogen and oxygen atoms in total. The van der Waals surface area contributed by atoms with Gasteiger partial charge in [0.05, 0.1) is 13.2 Å². The molecule has 4 rings (SSSR count). The van der Waals surface area contributed by atoms with Crippen LogP contribution >= 0.6 is 0 Å². The van der Waals surface area contributed by atoms with E-state index in [4.69, 9.17) is 4.74 Å². The minimum atomic E-state index is 0.863. The Morgan fingerprint density at radius 2 is 1.38 bits per heavy atom. The summed E-state index contributed by atoms with van der Waals surface area (Å²) in [5.74, 6) is 0. The van der Waals surface area contributed by atoms with E-state index in [-0.39, 0.29) is 0 Å². The molecule has 26 heavy (non-hydrogen) atoms. The second-order valence-electron chi connectivity index (χ2n) is 7.18. The number of rotatable bonds is 5. The molecular weight excluding hydrogens is 324 g/mol. The van der Waals surface area contributed by atoms with E-state index >= 15 is 0 Å². The van der Waals surface area contributed by atoms with Crippen LogP contribution in [0.15, 0.2) is 48.8 Å². The molecular formula is C21H28N4O. The quantitative estimate of drug-likeness (QED) is 0.824. The molecule has 0 spiro atoms. The van der Waals surface area contributed by atoms with Crippen LogP contribution in [0.1, 0.15) is 11.1 Å². The summed E-state index contributed by atoms with van der Waals surface area (Å²) in [4.78, 5) is 11.6. The molecule has 3 heterocycles. The van der Waals surface area contributed by atoms with Gasteiger partial charge in [-0.3, -0.25) is 14.8 Å². The van der Waals surface area contributed by atoms with E-state index in [1.807, 2.05) is 12.4 Å². The molecule has 0 bridgehead atoms. The Morgan fingerprint density at radius 1 is 0.769 bits per heavy atom. The lowest BCUT2D eigenvalue weighted by molar-refractivity contribution is 0.0342. The van der Waals surface area contributed by atoms with Gasteiger partial charge in [0.1, 0.15) is 0 Å². The largest absolute Gasteiger partial charge is 0.379 e. The first-order valence-electron chi connectivity index (χ1n) is 9.62. The van der Waals surface area contributed by atoms with Crippen LogP contribution in [0.4, 0.5) is 5.69 Å². The van der Waals surface area contributed by atoms with Gasteiger partial charge in [0, 0.05) is 70.4 Å². The monoisotopic (exact) mass is 352 g/mol. The van der Waals surface area contributed by atoms with Gasteiger partial charge in [0.2, 0.25) is 0 Å². The Morgan fingerprint density at radius 3 is 2.04 bits per heavy atom. The number of benzene rings is 1. The van der Waals surface area contributed by atoms with E-state index in [0.29, 0.717) is 0 Å². The zero-order valence-electron chi connectivity index (χ0n) is 15.4. The molecule has 0 amide bonds. The van der Waals surface area contributed by atoms with Crippen LogP contribution in [0.2, 0.25) is 0 Å². The smallest absolute Gasteiger partial charge is 0.0594 e. The zero-order valence-corrected chi connectivity index (χ0v) is 15.4. The highest BCUT2D eigenvalue weighted by Gasteiger charge is 2.17. The van der Waals surface area contributed by atoms with Gasteiger partial charge in [0.25, 0.3) is 0 Å². The molecule has 0 atom stereocenters. The number of nitrogens with zero attached hydrogens (tertiary/aromatic N) is 4. The van der Waals surface area contributed by atoms with Crippen molar-refractivity contribution in [3.63, 3.8) is 0 Å². The van der Waals surface area contributed by atoms with Gasteiger partial charge in [-0.15, -0.1) is 0 Å². The summed E-state index contributed by atoms with van der Waals surface area (Å²) in [6, 6.07) is 13.3. The summed E-state index contributed by atoms with van der Waals surface area (Å²) in [6.07, 6.45) is 3.75. The molecule has 1 aromatic heterocycles. The average molecular weight is 352 g/mol. The Hall–Kier alpha value is -1.95. The second-order valence-corrected chi connectivity index (χ2v) is 7.18. The molecule has 138 valence electrons. The van der Waals surface area contributed by atoms with Gasteiger partial charge < -0.3 is 9.64 Å². The number of anilines is 1. The van der Waals surface area contributed by atoms with E-state index < -0.39 is 0 Å². The highest BCUT2D eigenvalue weighted by Crippen LogP contribution is 2.17. The SMILES string of the molecule is c1cc(CN2CCOCC2)cc(CN2CCN(c3ccncc3)CC2)c1. The van der Waals surface area contributed by atoms with E-state index in [0.717, 1.165) is 65.6 Å². The number of ether oxygens (including phenoxy) is 1. The van der Waals surface area contributed by atoms with Crippen LogP contribution in [-0.4, -0.2) is 67.3 Å². The number of aromatic nitrogens is 1. The minimum absolute atomic E-state index is 0.863. The third-order valence-electron chi connectivity index (χ3n) is 5.31. The lowest BCUT2D eigenvalue weighted by atomic mass is 10.1. The number of hydrogen-bond acceptors (Lipinski definition) is 5. The van der Waals surface area contributed by atoms with Crippen LogP contribution < -0.4 is 4.90 Å². The summed E-state index contributed by atoms with van der Waals surface area (Å²) in [6.45, 7) is 10.3. The summed E-state index contributed by atoms with van der Waals surface area (Å²) in [5, 5.41) is 0. The van der Waals surface area contributed by atoms with Gasteiger partial charge in [-0.2, -0.15) is 0 Å². The summed E-state index contributed by atoms with van der Waals surface area (Å²) in [5.41, 5.74) is 4.13. The van der Waals surface area contributed by atoms with Gasteiger partial charge in [-0.1, -0.05) is 24.3 Å². The normalized spacial score (nSPS) is 19.6. The van der Waals surface area contributed by atoms with Crippen molar-refractivity contribution in [1.82, 2.24) is 14.8 Å². The first-order valence-corrected chi connectivity index (χ1v) is 9.62. The maximum Gasteiger partial charge on any atom is 0.0594 e. The number of morpholine rings is 1. The number of pyridine rings is 1. The Labute approximate surface area is 156 Å². The number of piperazine rings is 1. The van der Waals surface area contributed by atoms with Crippen LogP contribution in [0.25, 0.3) is 0 Å². The molecule has 0 radical (unpaired) electrons. The summed E-state index contributed by atoms with van der Waals surface area (Å²) in [7, 11) is 0. The lowest BCUT2D eigenvalue weighted by Crippen LogP contribution is -2.46. The fourth-order valence-electron chi connectivity index (χ4n) is 3.82. The van der Waals surface area contributed by atoms with E-state index in [9.17, 15) is 0 Å². The molecule has 2 fully saturated rings. The topological polar surface area (TPSA) is 31.8 Å². The van der Waals surface area contributed by atoms with Crippen molar-refractivity contribution in [3.05, 3.63) is 59.9 Å². The summed E-state index contributed by atoms with van der Waals surface area (Å²) >= 11 is 0. The van der Waals surface area contributed by atoms with E-state index in [1.54, 1.807) is 0 Å². The van der Waals surface area contributed by atoms with Crippen molar-refractivity contribution in [3.8, 4) is 0 Å². The van der Waals surface area contributed by atoms with Crippen molar-refractivity contribution in [2.75, 3.05) is 57.4 Å². The van der Waals surface area contributed by atoms with Crippen molar-refractivity contribution in [2.24, 2.45) is 0 Å². The van der Waals surface area contributed by atoms with Crippen LogP contribution in [0, 0.1) is 0 Å². The molecule has 0 aliphatic carbocycles. The highest BCUT2D eigenvalue weighted by atomic mass is 16.5. The van der Waals surface area contributed by atoms with Crippen molar-refractivity contribution in [1.29, 1.82) is 0 Å².